The van der Waals surface area contributed by atoms with E-state index in [0.717, 1.165) is 37.4 Å². The Bertz CT molecular complexity index is 999. The van der Waals surface area contributed by atoms with Crippen molar-refractivity contribution in [1.29, 1.82) is 0 Å². The first kappa shape index (κ1) is 19.6. The molecule has 0 saturated carbocycles. The number of fused-ring (bicyclic) bond motifs is 1. The summed E-state index contributed by atoms with van der Waals surface area (Å²) in [7, 11) is 3.81. The lowest BCUT2D eigenvalue weighted by Crippen LogP contribution is -2.31. The normalized spacial score (nSPS) is 14.7. The van der Waals surface area contributed by atoms with E-state index in [0.29, 0.717) is 5.88 Å². The molecule has 0 amide bonds. The topological polar surface area (TPSA) is 43.2 Å². The third-order valence-corrected chi connectivity index (χ3v) is 5.78. The number of pyridine rings is 1. The number of ether oxygens (including phenoxy) is 1. The highest BCUT2D eigenvalue weighted by atomic mass is 16.5. The van der Waals surface area contributed by atoms with Crippen LogP contribution in [0.2, 0.25) is 0 Å². The van der Waals surface area contributed by atoms with Gasteiger partial charge in [-0.3, -0.25) is 4.90 Å². The molecular formula is C24H30N4O. The molecule has 152 valence electrons. The van der Waals surface area contributed by atoms with Crippen LogP contribution in [-0.4, -0.2) is 33.1 Å². The van der Waals surface area contributed by atoms with Crippen LogP contribution in [0.5, 0.6) is 5.88 Å². The van der Waals surface area contributed by atoms with Crippen LogP contribution in [0.15, 0.2) is 42.6 Å². The first-order valence-corrected chi connectivity index (χ1v) is 10.2. The zero-order valence-corrected chi connectivity index (χ0v) is 18.1. The van der Waals surface area contributed by atoms with Gasteiger partial charge < -0.3 is 9.30 Å². The van der Waals surface area contributed by atoms with Crippen molar-refractivity contribution >= 4 is 0 Å². The number of hydrogen-bond acceptors (Lipinski definition) is 4. The molecule has 3 heterocycles. The van der Waals surface area contributed by atoms with Gasteiger partial charge in [0.2, 0.25) is 5.88 Å². The predicted molar refractivity (Wildman–Crippen MR) is 116 cm³/mol. The minimum atomic E-state index is 0.160. The standard InChI is InChI=1S/C24H30N4O/c1-24(2,3)19-10-8-17(9-11-19)22-26-20-12-14-28(16-21(20)27(22)4)15-18-7-6-13-25-23(18)29-5/h6-11,13H,12,14-16H2,1-5H3. The van der Waals surface area contributed by atoms with Crippen molar-refractivity contribution in [3.8, 4) is 17.3 Å². The summed E-state index contributed by atoms with van der Waals surface area (Å²) >= 11 is 0. The van der Waals surface area contributed by atoms with Crippen LogP contribution in [-0.2, 0) is 32.0 Å². The van der Waals surface area contributed by atoms with Gasteiger partial charge in [-0.15, -0.1) is 0 Å². The van der Waals surface area contributed by atoms with E-state index in [4.69, 9.17) is 9.72 Å². The monoisotopic (exact) mass is 390 g/mol. The Morgan fingerprint density at radius 2 is 1.86 bits per heavy atom. The molecule has 4 rings (SSSR count). The molecule has 0 fully saturated rings. The predicted octanol–water partition coefficient (Wildman–Crippen LogP) is 4.35. The van der Waals surface area contributed by atoms with E-state index in [1.165, 1.54) is 22.5 Å². The molecule has 1 aliphatic rings. The van der Waals surface area contributed by atoms with Gasteiger partial charge in [0.1, 0.15) is 5.82 Å². The number of benzene rings is 1. The van der Waals surface area contributed by atoms with E-state index in [-0.39, 0.29) is 5.41 Å². The van der Waals surface area contributed by atoms with Crippen molar-refractivity contribution < 1.29 is 4.74 Å². The smallest absolute Gasteiger partial charge is 0.217 e. The summed E-state index contributed by atoms with van der Waals surface area (Å²) in [5.74, 6) is 1.76. The van der Waals surface area contributed by atoms with E-state index in [1.54, 1.807) is 13.3 Å². The highest BCUT2D eigenvalue weighted by molar-refractivity contribution is 5.58. The highest BCUT2D eigenvalue weighted by Crippen LogP contribution is 2.29. The Hall–Kier alpha value is -2.66. The molecule has 5 heteroatoms. The van der Waals surface area contributed by atoms with Crippen molar-refractivity contribution in [1.82, 2.24) is 19.4 Å². The summed E-state index contributed by atoms with van der Waals surface area (Å²) in [4.78, 5) is 11.8. The molecule has 1 aromatic carbocycles. The van der Waals surface area contributed by atoms with Gasteiger partial charge >= 0.3 is 0 Å². The Kier molecular flexibility index (Phi) is 5.17. The lowest BCUT2D eigenvalue weighted by Gasteiger charge is -2.27. The fraction of sp³-hybridized carbons (Fsp3) is 0.417. The van der Waals surface area contributed by atoms with Crippen LogP contribution < -0.4 is 4.74 Å². The average Bonchev–Trinajstić information content (AvgIpc) is 3.04. The van der Waals surface area contributed by atoms with Crippen molar-refractivity contribution in [3.63, 3.8) is 0 Å². The van der Waals surface area contributed by atoms with Crippen molar-refractivity contribution in [3.05, 3.63) is 65.1 Å². The molecule has 0 saturated heterocycles. The fourth-order valence-electron chi connectivity index (χ4n) is 4.02. The molecule has 29 heavy (non-hydrogen) atoms. The van der Waals surface area contributed by atoms with Crippen LogP contribution >= 0.6 is 0 Å². The van der Waals surface area contributed by atoms with Gasteiger partial charge in [-0.05, 0) is 17.0 Å². The van der Waals surface area contributed by atoms with Gasteiger partial charge in [-0.2, -0.15) is 0 Å². The second kappa shape index (κ2) is 7.64. The molecule has 0 unspecified atom stereocenters. The zero-order chi connectivity index (χ0) is 20.6. The van der Waals surface area contributed by atoms with Crippen LogP contribution in [0.4, 0.5) is 0 Å². The van der Waals surface area contributed by atoms with E-state index < -0.39 is 0 Å². The minimum Gasteiger partial charge on any atom is -0.481 e. The van der Waals surface area contributed by atoms with Crippen molar-refractivity contribution in [2.75, 3.05) is 13.7 Å². The molecule has 0 spiro atoms. The molecule has 0 N–H and O–H groups in total. The number of nitrogens with zero attached hydrogens (tertiary/aromatic N) is 4. The maximum atomic E-state index is 5.42. The first-order chi connectivity index (χ1) is 13.9. The zero-order valence-electron chi connectivity index (χ0n) is 18.1. The number of aromatic nitrogens is 3. The Balaban J connectivity index is 1.56. The lowest BCUT2D eigenvalue weighted by atomic mass is 9.87. The van der Waals surface area contributed by atoms with E-state index >= 15 is 0 Å². The van der Waals surface area contributed by atoms with Crippen LogP contribution in [0.3, 0.4) is 0 Å². The molecule has 2 aromatic heterocycles. The third-order valence-electron chi connectivity index (χ3n) is 5.78. The number of hydrogen-bond donors (Lipinski definition) is 0. The molecule has 0 aliphatic carbocycles. The second-order valence-corrected chi connectivity index (χ2v) is 8.85. The van der Waals surface area contributed by atoms with Crippen LogP contribution in [0.25, 0.3) is 11.4 Å². The number of imidazole rings is 1. The highest BCUT2D eigenvalue weighted by Gasteiger charge is 2.24. The van der Waals surface area contributed by atoms with Crippen LogP contribution in [0.1, 0.15) is 43.3 Å². The largest absolute Gasteiger partial charge is 0.481 e. The Morgan fingerprint density at radius 3 is 2.55 bits per heavy atom. The Morgan fingerprint density at radius 1 is 1.10 bits per heavy atom. The molecule has 0 radical (unpaired) electrons. The summed E-state index contributed by atoms with van der Waals surface area (Å²) in [6.45, 7) is 9.44. The van der Waals surface area contributed by atoms with Gasteiger partial charge in [-0.25, -0.2) is 9.97 Å². The fourth-order valence-corrected chi connectivity index (χ4v) is 4.02. The Labute approximate surface area is 173 Å². The van der Waals surface area contributed by atoms with Gasteiger partial charge in [0.05, 0.1) is 18.5 Å². The van der Waals surface area contributed by atoms with E-state index in [2.05, 4.69) is 72.6 Å². The van der Waals surface area contributed by atoms with E-state index in [1.807, 2.05) is 6.07 Å². The SMILES string of the molecule is COc1ncccc1CN1CCc2nc(-c3ccc(C(C)(C)C)cc3)n(C)c2C1. The third kappa shape index (κ3) is 3.92. The molecule has 0 bridgehead atoms. The molecular weight excluding hydrogens is 360 g/mol. The molecule has 5 nitrogen and oxygen atoms in total. The summed E-state index contributed by atoms with van der Waals surface area (Å²) in [6, 6.07) is 12.9. The summed E-state index contributed by atoms with van der Waals surface area (Å²) in [6.07, 6.45) is 2.74. The van der Waals surface area contributed by atoms with E-state index in [9.17, 15) is 0 Å². The minimum absolute atomic E-state index is 0.160. The van der Waals surface area contributed by atoms with Crippen molar-refractivity contribution in [2.45, 2.75) is 45.7 Å². The summed E-state index contributed by atoms with van der Waals surface area (Å²) in [5.41, 5.74) is 6.32. The first-order valence-electron chi connectivity index (χ1n) is 10.2. The average molecular weight is 391 g/mol. The maximum Gasteiger partial charge on any atom is 0.217 e. The van der Waals surface area contributed by atoms with Gasteiger partial charge in [-0.1, -0.05) is 51.1 Å². The quantitative estimate of drug-likeness (QED) is 0.664. The second-order valence-electron chi connectivity index (χ2n) is 8.85. The number of rotatable bonds is 4. The summed E-state index contributed by atoms with van der Waals surface area (Å²) in [5, 5.41) is 0. The molecule has 3 aromatic rings. The maximum absolute atomic E-state index is 5.42. The summed E-state index contributed by atoms with van der Waals surface area (Å²) < 4.78 is 7.68. The van der Waals surface area contributed by atoms with Crippen molar-refractivity contribution in [2.24, 2.45) is 7.05 Å². The van der Waals surface area contributed by atoms with Crippen LogP contribution in [0, 0.1) is 0 Å². The lowest BCUT2D eigenvalue weighted by molar-refractivity contribution is 0.234. The van der Waals surface area contributed by atoms with Gasteiger partial charge in [0, 0.05) is 50.4 Å². The van der Waals surface area contributed by atoms with Gasteiger partial charge in [0.25, 0.3) is 0 Å². The molecule has 0 atom stereocenters. The van der Waals surface area contributed by atoms with Gasteiger partial charge in [0.15, 0.2) is 0 Å². The molecule has 1 aliphatic heterocycles. The number of methoxy groups -OCH3 is 1.